The van der Waals surface area contributed by atoms with Gasteiger partial charge in [-0.05, 0) is 23.8 Å². The first-order chi connectivity index (χ1) is 17.3. The van der Waals surface area contributed by atoms with Crippen LogP contribution >= 0.6 is 34.5 Å². The number of halogens is 2. The molecule has 0 aliphatic rings. The Labute approximate surface area is 219 Å². The predicted molar refractivity (Wildman–Crippen MR) is 138 cm³/mol. The van der Waals surface area contributed by atoms with Crippen LogP contribution in [-0.4, -0.2) is 33.0 Å². The largest absolute Gasteiger partial charge is 0.340 e. The maximum atomic E-state index is 13.2. The molecule has 2 N–H and O–H groups in total. The van der Waals surface area contributed by atoms with E-state index in [9.17, 15) is 19.7 Å². The summed E-state index contributed by atoms with van der Waals surface area (Å²) in [5, 5.41) is 25.7. The van der Waals surface area contributed by atoms with Gasteiger partial charge in [0.05, 0.1) is 15.5 Å². The lowest BCUT2D eigenvalue weighted by atomic mass is 10.0. The second-order valence-corrected chi connectivity index (χ2v) is 9.37. The van der Waals surface area contributed by atoms with Crippen LogP contribution in [0.4, 0.5) is 10.8 Å². The van der Waals surface area contributed by atoms with Crippen LogP contribution in [0.5, 0.6) is 0 Å². The number of nitrogens with zero attached hydrogens (tertiary/aromatic N) is 3. The Kier molecular flexibility index (Phi) is 7.89. The number of hydrogen-bond donors (Lipinski definition) is 2. The van der Waals surface area contributed by atoms with Gasteiger partial charge in [-0.2, -0.15) is 0 Å². The molecule has 0 aliphatic carbocycles. The van der Waals surface area contributed by atoms with Gasteiger partial charge in [-0.15, -0.1) is 10.2 Å². The van der Waals surface area contributed by atoms with E-state index in [1.54, 1.807) is 18.2 Å². The molecule has 9 nitrogen and oxygen atoms in total. The Balaban J connectivity index is 1.54. The maximum absolute atomic E-state index is 13.2. The molecular formula is C24H17Cl2N5O4S. The predicted octanol–water partition coefficient (Wildman–Crippen LogP) is 5.40. The topological polar surface area (TPSA) is 127 Å². The summed E-state index contributed by atoms with van der Waals surface area (Å²) < 4.78 is 0. The fourth-order valence-electron chi connectivity index (χ4n) is 3.30. The van der Waals surface area contributed by atoms with Crippen molar-refractivity contribution in [2.45, 2.75) is 12.5 Å². The summed E-state index contributed by atoms with van der Waals surface area (Å²) in [5.41, 5.74) is 1.32. The lowest BCUT2D eigenvalue weighted by Crippen LogP contribution is -2.45. The Hall–Kier alpha value is -3.86. The van der Waals surface area contributed by atoms with Crippen molar-refractivity contribution in [2.75, 3.05) is 5.32 Å². The number of nitro benzene ring substituents is 1. The number of rotatable bonds is 8. The second kappa shape index (κ2) is 11.3. The van der Waals surface area contributed by atoms with Crippen molar-refractivity contribution in [3.8, 4) is 10.6 Å². The zero-order chi connectivity index (χ0) is 25.7. The second-order valence-electron chi connectivity index (χ2n) is 7.55. The van der Waals surface area contributed by atoms with Gasteiger partial charge in [-0.3, -0.25) is 25.0 Å². The molecule has 4 rings (SSSR count). The van der Waals surface area contributed by atoms with E-state index in [0.29, 0.717) is 10.0 Å². The quantitative estimate of drug-likeness (QED) is 0.227. The van der Waals surface area contributed by atoms with E-state index in [1.165, 1.54) is 12.1 Å². The summed E-state index contributed by atoms with van der Waals surface area (Å²) in [4.78, 5) is 36.5. The lowest BCUT2D eigenvalue weighted by Gasteiger charge is -2.18. The number of anilines is 1. The van der Waals surface area contributed by atoms with Gasteiger partial charge in [0.1, 0.15) is 11.0 Å². The standard InChI is InChI=1S/C24H17Cl2N5O4S/c25-16-8-4-7-15(12-16)23-29-30-24(36-23)28-22(33)20(11-14-5-2-1-3-6-14)27-21(32)18-10-9-17(31(34)35)13-19(18)26/h1-10,12-13,20H,11H2,(H,27,32)(H,28,30,33). The summed E-state index contributed by atoms with van der Waals surface area (Å²) in [6.45, 7) is 0. The van der Waals surface area contributed by atoms with E-state index in [1.807, 2.05) is 36.4 Å². The minimum atomic E-state index is -0.996. The highest BCUT2D eigenvalue weighted by atomic mass is 35.5. The van der Waals surface area contributed by atoms with Crippen LogP contribution in [-0.2, 0) is 11.2 Å². The van der Waals surface area contributed by atoms with E-state index in [2.05, 4.69) is 20.8 Å². The number of nitro groups is 1. The molecule has 3 aromatic carbocycles. The average molecular weight is 542 g/mol. The molecule has 4 aromatic rings. The number of amides is 2. The summed E-state index contributed by atoms with van der Waals surface area (Å²) in [6.07, 6.45) is 0.183. The average Bonchev–Trinajstić information content (AvgIpc) is 3.32. The number of non-ortho nitro benzene ring substituents is 1. The van der Waals surface area contributed by atoms with E-state index in [4.69, 9.17) is 23.2 Å². The maximum Gasteiger partial charge on any atom is 0.270 e. The third kappa shape index (κ3) is 6.22. The Bertz CT molecular complexity index is 1430. The summed E-state index contributed by atoms with van der Waals surface area (Å²) in [6, 6.07) is 18.7. The number of benzene rings is 3. The van der Waals surface area contributed by atoms with Crippen LogP contribution in [0.1, 0.15) is 15.9 Å². The molecule has 0 aliphatic heterocycles. The van der Waals surface area contributed by atoms with Gasteiger partial charge in [0.15, 0.2) is 0 Å². The molecule has 0 saturated carbocycles. The zero-order valence-electron chi connectivity index (χ0n) is 18.4. The van der Waals surface area contributed by atoms with E-state index >= 15 is 0 Å². The highest BCUT2D eigenvalue weighted by Crippen LogP contribution is 2.28. The molecule has 0 spiro atoms. The normalized spacial score (nSPS) is 11.5. The fourth-order valence-corrected chi connectivity index (χ4v) is 4.49. The van der Waals surface area contributed by atoms with Crippen molar-refractivity contribution < 1.29 is 14.5 Å². The zero-order valence-corrected chi connectivity index (χ0v) is 20.7. The molecule has 2 amide bonds. The van der Waals surface area contributed by atoms with Gasteiger partial charge in [0.2, 0.25) is 11.0 Å². The van der Waals surface area contributed by atoms with Crippen LogP contribution in [0.3, 0.4) is 0 Å². The lowest BCUT2D eigenvalue weighted by molar-refractivity contribution is -0.384. The van der Waals surface area contributed by atoms with Gasteiger partial charge >= 0.3 is 0 Å². The highest BCUT2D eigenvalue weighted by molar-refractivity contribution is 7.18. The molecule has 1 unspecified atom stereocenters. The van der Waals surface area contributed by atoms with Gasteiger partial charge in [0.25, 0.3) is 11.6 Å². The number of carbonyl (C=O) groups excluding carboxylic acids is 2. The molecule has 36 heavy (non-hydrogen) atoms. The number of hydrogen-bond acceptors (Lipinski definition) is 7. The van der Waals surface area contributed by atoms with E-state index in [-0.39, 0.29) is 27.8 Å². The van der Waals surface area contributed by atoms with Crippen molar-refractivity contribution in [3.05, 3.63) is 104 Å². The Morgan fingerprint density at radius 2 is 1.78 bits per heavy atom. The third-order valence-electron chi connectivity index (χ3n) is 5.04. The molecule has 0 bridgehead atoms. The van der Waals surface area contributed by atoms with Crippen LogP contribution < -0.4 is 10.6 Å². The fraction of sp³-hybridized carbons (Fsp3) is 0.0833. The van der Waals surface area contributed by atoms with Gasteiger partial charge in [-0.25, -0.2) is 0 Å². The van der Waals surface area contributed by atoms with Crippen LogP contribution in [0.15, 0.2) is 72.8 Å². The van der Waals surface area contributed by atoms with E-state index < -0.39 is 22.8 Å². The number of carbonyl (C=O) groups is 2. The van der Waals surface area contributed by atoms with Crippen molar-refractivity contribution in [2.24, 2.45) is 0 Å². The molecular weight excluding hydrogens is 525 g/mol. The highest BCUT2D eigenvalue weighted by Gasteiger charge is 2.25. The minimum Gasteiger partial charge on any atom is -0.340 e. The van der Waals surface area contributed by atoms with Crippen molar-refractivity contribution in [3.63, 3.8) is 0 Å². The monoisotopic (exact) mass is 541 g/mol. The van der Waals surface area contributed by atoms with Crippen molar-refractivity contribution >= 4 is 57.2 Å². The smallest absolute Gasteiger partial charge is 0.270 e. The van der Waals surface area contributed by atoms with Gasteiger partial charge < -0.3 is 5.32 Å². The summed E-state index contributed by atoms with van der Waals surface area (Å²) >= 11 is 13.3. The first-order valence-corrected chi connectivity index (χ1v) is 12.1. The Morgan fingerprint density at radius 3 is 2.47 bits per heavy atom. The van der Waals surface area contributed by atoms with Crippen LogP contribution in [0.2, 0.25) is 10.0 Å². The van der Waals surface area contributed by atoms with Gasteiger partial charge in [-0.1, -0.05) is 77.0 Å². The first kappa shape index (κ1) is 25.2. The van der Waals surface area contributed by atoms with Crippen LogP contribution in [0, 0.1) is 10.1 Å². The number of aromatic nitrogens is 2. The summed E-state index contributed by atoms with van der Waals surface area (Å²) in [5.74, 6) is -1.16. The molecule has 1 heterocycles. The molecule has 12 heteroatoms. The summed E-state index contributed by atoms with van der Waals surface area (Å²) in [7, 11) is 0. The van der Waals surface area contributed by atoms with Crippen LogP contribution in [0.25, 0.3) is 10.6 Å². The molecule has 0 saturated heterocycles. The number of nitrogens with one attached hydrogen (secondary N) is 2. The van der Waals surface area contributed by atoms with E-state index in [0.717, 1.165) is 28.5 Å². The minimum absolute atomic E-state index is 0.00675. The molecule has 1 aromatic heterocycles. The van der Waals surface area contributed by atoms with Crippen molar-refractivity contribution in [1.82, 2.24) is 15.5 Å². The third-order valence-corrected chi connectivity index (χ3v) is 6.47. The Morgan fingerprint density at radius 1 is 1.00 bits per heavy atom. The first-order valence-electron chi connectivity index (χ1n) is 10.5. The SMILES string of the molecule is O=C(NC(Cc1ccccc1)C(=O)Nc1nnc(-c2cccc(Cl)c2)s1)c1ccc([N+](=O)[O-])cc1Cl. The van der Waals surface area contributed by atoms with Crippen molar-refractivity contribution in [1.29, 1.82) is 0 Å². The van der Waals surface area contributed by atoms with Gasteiger partial charge in [0, 0.05) is 29.1 Å². The molecule has 0 fully saturated rings. The molecule has 1 atom stereocenters. The molecule has 0 radical (unpaired) electrons. The molecule has 182 valence electrons.